The Bertz CT molecular complexity index is 211. The summed E-state index contributed by atoms with van der Waals surface area (Å²) in [5.74, 6) is -0.187. The molecule has 0 saturated carbocycles. The second-order valence-corrected chi connectivity index (χ2v) is 3.39. The Kier molecular flexibility index (Phi) is 4.92. The van der Waals surface area contributed by atoms with Crippen molar-refractivity contribution >= 4 is 5.91 Å². The first-order valence-electron chi connectivity index (χ1n) is 4.62. The number of rotatable bonds is 4. The van der Waals surface area contributed by atoms with E-state index >= 15 is 0 Å². The number of aliphatic hydroxyl groups excluding tert-OH is 1. The molecule has 1 rings (SSSR count). The summed E-state index contributed by atoms with van der Waals surface area (Å²) in [6, 6.07) is -0.231. The van der Waals surface area contributed by atoms with Gasteiger partial charge in [-0.2, -0.15) is 0 Å². The fraction of sp³-hybridized carbons (Fsp3) is 0.875. The minimum absolute atomic E-state index is 0.187. The molecule has 7 nitrogen and oxygen atoms in total. The number of carbonyl (C=O) groups is 1. The number of hydrogen-bond donors (Lipinski definition) is 2. The van der Waals surface area contributed by atoms with Crippen molar-refractivity contribution in [2.75, 3.05) is 13.2 Å². The highest BCUT2D eigenvalue weighted by atomic mass is 17.5. The van der Waals surface area contributed by atoms with Gasteiger partial charge in [0.15, 0.2) is 0 Å². The molecule has 2 N–H and O–H groups in total. The quantitative estimate of drug-likeness (QED) is 0.414. The molecule has 1 saturated heterocycles. The van der Waals surface area contributed by atoms with Gasteiger partial charge in [0.1, 0.15) is 12.2 Å². The van der Waals surface area contributed by atoms with E-state index in [-0.39, 0.29) is 25.2 Å². The standard InChI is InChI=1S/C8H15NO6/c1-5(11)9-6-2-7(14-15-12)8(3-10)13-4-6/h6-8,10,12H,2-4H2,1H3,(H,9,11)/p-1/t6?,7-,8?/m0/s1. The molecule has 0 bridgehead atoms. The van der Waals surface area contributed by atoms with Crippen LogP contribution in [-0.2, 0) is 19.5 Å². The van der Waals surface area contributed by atoms with Crippen LogP contribution in [-0.4, -0.2) is 42.5 Å². The average molecular weight is 220 g/mol. The van der Waals surface area contributed by atoms with E-state index in [1.807, 2.05) is 0 Å². The predicted molar refractivity (Wildman–Crippen MR) is 45.0 cm³/mol. The van der Waals surface area contributed by atoms with Crippen LogP contribution in [0.5, 0.6) is 0 Å². The van der Waals surface area contributed by atoms with Gasteiger partial charge < -0.3 is 20.4 Å². The molecule has 15 heavy (non-hydrogen) atoms. The van der Waals surface area contributed by atoms with Gasteiger partial charge in [-0.1, -0.05) is 0 Å². The molecule has 0 aromatic rings. The van der Waals surface area contributed by atoms with E-state index in [4.69, 9.17) is 9.84 Å². The van der Waals surface area contributed by atoms with E-state index in [0.717, 1.165) is 0 Å². The molecule has 1 aliphatic heterocycles. The third-order valence-corrected chi connectivity index (χ3v) is 2.19. The third-order valence-electron chi connectivity index (χ3n) is 2.19. The number of amides is 1. The van der Waals surface area contributed by atoms with E-state index in [1.54, 1.807) is 0 Å². The Labute approximate surface area is 86.8 Å². The average Bonchev–Trinajstić information content (AvgIpc) is 2.18. The fourth-order valence-corrected chi connectivity index (χ4v) is 1.56. The summed E-state index contributed by atoms with van der Waals surface area (Å²) in [5.41, 5.74) is 0. The van der Waals surface area contributed by atoms with Crippen LogP contribution in [0.15, 0.2) is 0 Å². The van der Waals surface area contributed by atoms with Gasteiger partial charge in [-0.05, 0) is 0 Å². The predicted octanol–water partition coefficient (Wildman–Crippen LogP) is -2.14. The van der Waals surface area contributed by atoms with Crippen molar-refractivity contribution < 1.29 is 29.8 Å². The normalized spacial score (nSPS) is 31.3. The van der Waals surface area contributed by atoms with Gasteiger partial charge in [-0.25, -0.2) is 4.89 Å². The Hall–Kier alpha value is -0.730. The fourth-order valence-electron chi connectivity index (χ4n) is 1.56. The van der Waals surface area contributed by atoms with Gasteiger partial charge in [0, 0.05) is 13.3 Å². The van der Waals surface area contributed by atoms with Crippen LogP contribution in [0.2, 0.25) is 0 Å². The van der Waals surface area contributed by atoms with E-state index in [1.165, 1.54) is 6.92 Å². The molecule has 0 radical (unpaired) electrons. The van der Waals surface area contributed by atoms with Crippen LogP contribution in [0, 0.1) is 0 Å². The molecule has 3 atom stereocenters. The van der Waals surface area contributed by atoms with Crippen LogP contribution in [0.25, 0.3) is 0 Å². The van der Waals surface area contributed by atoms with Crippen LogP contribution < -0.4 is 10.6 Å². The molecular formula is C8H14NO6-. The summed E-state index contributed by atoms with van der Waals surface area (Å²) in [6.07, 6.45) is -0.894. The maximum Gasteiger partial charge on any atom is 0.217 e. The van der Waals surface area contributed by atoms with Gasteiger partial charge >= 0.3 is 0 Å². The maximum absolute atomic E-state index is 10.8. The monoisotopic (exact) mass is 220 g/mol. The van der Waals surface area contributed by atoms with Crippen LogP contribution in [0.3, 0.4) is 0 Å². The van der Waals surface area contributed by atoms with Crippen molar-refractivity contribution in [3.63, 3.8) is 0 Å². The first-order chi connectivity index (χ1) is 7.17. The molecule has 0 aliphatic carbocycles. The van der Waals surface area contributed by atoms with Crippen molar-refractivity contribution in [1.82, 2.24) is 5.32 Å². The summed E-state index contributed by atoms with van der Waals surface area (Å²) in [4.78, 5) is 15.2. The molecule has 0 spiro atoms. The number of aliphatic hydroxyl groups is 1. The zero-order valence-electron chi connectivity index (χ0n) is 8.34. The van der Waals surface area contributed by atoms with Gasteiger partial charge in [-0.3, -0.25) is 9.83 Å². The lowest BCUT2D eigenvalue weighted by atomic mass is 10.0. The molecule has 1 fully saturated rings. The zero-order valence-corrected chi connectivity index (χ0v) is 8.34. The van der Waals surface area contributed by atoms with E-state index in [9.17, 15) is 10.1 Å². The zero-order chi connectivity index (χ0) is 11.3. The van der Waals surface area contributed by atoms with Gasteiger partial charge in [0.2, 0.25) is 5.91 Å². The minimum atomic E-state index is -0.668. The van der Waals surface area contributed by atoms with Crippen LogP contribution in [0.4, 0.5) is 0 Å². The van der Waals surface area contributed by atoms with E-state index in [2.05, 4.69) is 15.2 Å². The lowest BCUT2D eigenvalue weighted by Crippen LogP contribution is -2.50. The number of carbonyl (C=O) groups excluding carboxylic acids is 1. The molecular weight excluding hydrogens is 206 g/mol. The highest BCUT2D eigenvalue weighted by Gasteiger charge is 2.32. The molecule has 0 aromatic heterocycles. The van der Waals surface area contributed by atoms with Crippen LogP contribution in [0.1, 0.15) is 13.3 Å². The second-order valence-electron chi connectivity index (χ2n) is 3.39. The summed E-state index contributed by atoms with van der Waals surface area (Å²) < 4.78 is 5.20. The molecule has 0 aromatic carbocycles. The van der Waals surface area contributed by atoms with Crippen molar-refractivity contribution in [1.29, 1.82) is 0 Å². The third kappa shape index (κ3) is 3.73. The molecule has 1 amide bonds. The van der Waals surface area contributed by atoms with Gasteiger partial charge in [-0.15, -0.1) is 0 Å². The molecule has 88 valence electrons. The van der Waals surface area contributed by atoms with Crippen molar-refractivity contribution in [2.45, 2.75) is 31.6 Å². The second kappa shape index (κ2) is 5.99. The minimum Gasteiger partial charge on any atom is -0.692 e. The summed E-state index contributed by atoms with van der Waals surface area (Å²) >= 11 is 0. The van der Waals surface area contributed by atoms with Crippen molar-refractivity contribution in [3.8, 4) is 0 Å². The largest absolute Gasteiger partial charge is 0.692 e. The Morgan fingerprint density at radius 3 is 3.00 bits per heavy atom. The SMILES string of the molecule is CC(=O)NC1COC(CO)[C@@H](OO[O-])C1. The van der Waals surface area contributed by atoms with Crippen molar-refractivity contribution in [2.24, 2.45) is 0 Å². The molecule has 1 aliphatic rings. The van der Waals surface area contributed by atoms with E-state index < -0.39 is 12.2 Å². The lowest BCUT2D eigenvalue weighted by molar-refractivity contribution is -0.806. The Morgan fingerprint density at radius 2 is 2.47 bits per heavy atom. The molecule has 7 heteroatoms. The smallest absolute Gasteiger partial charge is 0.217 e. The number of hydrogen-bond acceptors (Lipinski definition) is 6. The first kappa shape index (κ1) is 12.3. The summed E-state index contributed by atoms with van der Waals surface area (Å²) in [5, 5.41) is 24.7. The highest BCUT2D eigenvalue weighted by molar-refractivity contribution is 5.73. The lowest BCUT2D eigenvalue weighted by Gasteiger charge is -2.34. The number of ether oxygens (including phenoxy) is 1. The number of nitrogens with one attached hydrogen (secondary N) is 1. The first-order valence-corrected chi connectivity index (χ1v) is 4.62. The maximum atomic E-state index is 10.8. The van der Waals surface area contributed by atoms with Crippen LogP contribution >= 0.6 is 0 Å². The molecule has 1 heterocycles. The Morgan fingerprint density at radius 1 is 1.73 bits per heavy atom. The molecule has 2 unspecified atom stereocenters. The Balaban J connectivity index is 2.45. The highest BCUT2D eigenvalue weighted by Crippen LogP contribution is 2.17. The summed E-state index contributed by atoms with van der Waals surface area (Å²) in [6.45, 7) is 1.41. The van der Waals surface area contributed by atoms with Crippen molar-refractivity contribution in [3.05, 3.63) is 0 Å². The van der Waals surface area contributed by atoms with Gasteiger partial charge in [0.25, 0.3) is 0 Å². The van der Waals surface area contributed by atoms with Gasteiger partial charge in [0.05, 0.1) is 19.3 Å². The topological polar surface area (TPSA) is 100 Å². The summed E-state index contributed by atoms with van der Waals surface area (Å²) in [7, 11) is 0. The van der Waals surface area contributed by atoms with E-state index in [0.29, 0.717) is 6.42 Å².